The molecule has 0 heterocycles. The fourth-order valence-corrected chi connectivity index (χ4v) is 3.05. The van der Waals surface area contributed by atoms with E-state index in [1.807, 2.05) is 0 Å². The molecule has 5 N–H and O–H groups in total. The molecule has 0 atom stereocenters. The zero-order valence-electron chi connectivity index (χ0n) is 10.9. The minimum absolute atomic E-state index is 0.0906. The first-order valence-corrected chi connectivity index (χ1v) is 8.17. The van der Waals surface area contributed by atoms with Crippen LogP contribution in [-0.2, 0) is 10.0 Å². The first-order valence-electron chi connectivity index (χ1n) is 6.63. The van der Waals surface area contributed by atoms with Crippen molar-refractivity contribution in [1.29, 1.82) is 0 Å². The van der Waals surface area contributed by atoms with E-state index in [0.29, 0.717) is 17.3 Å². The molecule has 1 saturated carbocycles. The van der Waals surface area contributed by atoms with Gasteiger partial charge in [0.05, 0.1) is 16.3 Å². The van der Waals surface area contributed by atoms with Gasteiger partial charge in [-0.2, -0.15) is 0 Å². The monoisotopic (exact) mass is 283 g/mol. The molecular formula is C13H21N3O2S. The first-order chi connectivity index (χ1) is 8.97. The van der Waals surface area contributed by atoms with Gasteiger partial charge in [0.25, 0.3) is 0 Å². The molecule has 1 aromatic carbocycles. The SMILES string of the molecule is Nc1ccc(S(N)(=O)=O)cc1NCC1CCCCC1. The molecule has 0 bridgehead atoms. The Bertz CT molecular complexity index is 537. The lowest BCUT2D eigenvalue weighted by atomic mass is 9.89. The largest absolute Gasteiger partial charge is 0.397 e. The molecule has 1 aliphatic rings. The highest BCUT2D eigenvalue weighted by Gasteiger charge is 2.14. The van der Waals surface area contributed by atoms with Crippen LogP contribution in [-0.4, -0.2) is 15.0 Å². The van der Waals surface area contributed by atoms with E-state index in [2.05, 4.69) is 5.32 Å². The molecule has 0 saturated heterocycles. The second-order valence-electron chi connectivity index (χ2n) is 5.18. The highest BCUT2D eigenvalue weighted by atomic mass is 32.2. The maximum atomic E-state index is 11.3. The van der Waals surface area contributed by atoms with Gasteiger partial charge in [-0.3, -0.25) is 0 Å². The topological polar surface area (TPSA) is 98.2 Å². The number of nitrogen functional groups attached to an aromatic ring is 1. The number of hydrogen-bond acceptors (Lipinski definition) is 4. The van der Waals surface area contributed by atoms with Gasteiger partial charge in [-0.05, 0) is 37.0 Å². The van der Waals surface area contributed by atoms with E-state index in [-0.39, 0.29) is 4.90 Å². The van der Waals surface area contributed by atoms with E-state index in [0.717, 1.165) is 6.54 Å². The lowest BCUT2D eigenvalue weighted by molar-refractivity contribution is 0.373. The Kier molecular flexibility index (Phi) is 4.31. The Morgan fingerprint density at radius 2 is 1.89 bits per heavy atom. The molecule has 2 rings (SSSR count). The molecule has 0 spiro atoms. The number of hydrogen-bond donors (Lipinski definition) is 3. The minimum Gasteiger partial charge on any atom is -0.397 e. The molecular weight excluding hydrogens is 262 g/mol. The first kappa shape index (κ1) is 14.1. The quantitative estimate of drug-likeness (QED) is 0.735. The van der Waals surface area contributed by atoms with E-state index >= 15 is 0 Å². The molecule has 1 aliphatic carbocycles. The summed E-state index contributed by atoms with van der Waals surface area (Å²) in [6.45, 7) is 0.832. The van der Waals surface area contributed by atoms with Crippen molar-refractivity contribution in [2.75, 3.05) is 17.6 Å². The van der Waals surface area contributed by atoms with E-state index in [1.54, 1.807) is 6.07 Å². The second kappa shape index (κ2) is 5.79. The lowest BCUT2D eigenvalue weighted by Crippen LogP contribution is -2.18. The molecule has 0 aliphatic heterocycles. The molecule has 0 amide bonds. The van der Waals surface area contributed by atoms with Gasteiger partial charge in [0.1, 0.15) is 0 Å². The molecule has 0 radical (unpaired) electrons. The highest BCUT2D eigenvalue weighted by molar-refractivity contribution is 7.89. The van der Waals surface area contributed by atoms with Gasteiger partial charge in [-0.1, -0.05) is 19.3 Å². The summed E-state index contributed by atoms with van der Waals surface area (Å²) < 4.78 is 22.6. The zero-order valence-corrected chi connectivity index (χ0v) is 11.7. The van der Waals surface area contributed by atoms with Crippen molar-refractivity contribution in [1.82, 2.24) is 0 Å². The fraction of sp³-hybridized carbons (Fsp3) is 0.538. The van der Waals surface area contributed by atoms with E-state index in [1.165, 1.54) is 44.2 Å². The van der Waals surface area contributed by atoms with E-state index < -0.39 is 10.0 Å². The molecule has 0 aromatic heterocycles. The van der Waals surface area contributed by atoms with Crippen LogP contribution >= 0.6 is 0 Å². The van der Waals surface area contributed by atoms with Crippen molar-refractivity contribution in [3.8, 4) is 0 Å². The van der Waals surface area contributed by atoms with Crippen LogP contribution in [0, 0.1) is 5.92 Å². The molecule has 6 heteroatoms. The normalized spacial score (nSPS) is 17.3. The van der Waals surface area contributed by atoms with Crippen molar-refractivity contribution < 1.29 is 8.42 Å². The number of primary sulfonamides is 1. The summed E-state index contributed by atoms with van der Waals surface area (Å²) in [5.41, 5.74) is 7.04. The van der Waals surface area contributed by atoms with Gasteiger partial charge < -0.3 is 11.1 Å². The molecule has 106 valence electrons. The molecule has 1 fully saturated rings. The Hall–Kier alpha value is -1.27. The number of rotatable bonds is 4. The summed E-state index contributed by atoms with van der Waals surface area (Å²) in [5.74, 6) is 0.645. The van der Waals surface area contributed by atoms with Crippen molar-refractivity contribution in [3.05, 3.63) is 18.2 Å². The molecule has 1 aromatic rings. The highest BCUT2D eigenvalue weighted by Crippen LogP contribution is 2.26. The van der Waals surface area contributed by atoms with Gasteiger partial charge >= 0.3 is 0 Å². The van der Waals surface area contributed by atoms with Crippen LogP contribution in [0.25, 0.3) is 0 Å². The molecule has 19 heavy (non-hydrogen) atoms. The predicted molar refractivity (Wildman–Crippen MR) is 77.3 cm³/mol. The zero-order chi connectivity index (χ0) is 13.9. The smallest absolute Gasteiger partial charge is 0.238 e. The Balaban J connectivity index is 2.06. The number of benzene rings is 1. The lowest BCUT2D eigenvalue weighted by Gasteiger charge is -2.22. The second-order valence-corrected chi connectivity index (χ2v) is 6.74. The van der Waals surface area contributed by atoms with Gasteiger partial charge in [0.2, 0.25) is 10.0 Å². The number of anilines is 2. The van der Waals surface area contributed by atoms with E-state index in [9.17, 15) is 8.42 Å². The summed E-state index contributed by atoms with van der Waals surface area (Å²) in [6.07, 6.45) is 6.32. The van der Waals surface area contributed by atoms with Crippen molar-refractivity contribution >= 4 is 21.4 Å². The summed E-state index contributed by atoms with van der Waals surface area (Å²) >= 11 is 0. The summed E-state index contributed by atoms with van der Waals surface area (Å²) in [4.78, 5) is 0.0906. The third-order valence-electron chi connectivity index (χ3n) is 3.66. The number of nitrogens with two attached hydrogens (primary N) is 2. The summed E-state index contributed by atoms with van der Waals surface area (Å²) in [5, 5.41) is 8.37. The van der Waals surface area contributed by atoms with Crippen LogP contribution in [0.3, 0.4) is 0 Å². The third kappa shape index (κ3) is 3.84. The maximum absolute atomic E-state index is 11.3. The van der Waals surface area contributed by atoms with Gasteiger partial charge in [0.15, 0.2) is 0 Å². The van der Waals surface area contributed by atoms with Crippen molar-refractivity contribution in [2.24, 2.45) is 11.1 Å². The van der Waals surface area contributed by atoms with Crippen molar-refractivity contribution in [2.45, 2.75) is 37.0 Å². The Morgan fingerprint density at radius 1 is 1.21 bits per heavy atom. The standard InChI is InChI=1S/C13H21N3O2S/c14-12-7-6-11(19(15,17)18)8-13(12)16-9-10-4-2-1-3-5-10/h6-8,10,16H,1-5,9,14H2,(H2,15,17,18). The van der Waals surface area contributed by atoms with Crippen LogP contribution in [0.4, 0.5) is 11.4 Å². The van der Waals surface area contributed by atoms with E-state index in [4.69, 9.17) is 10.9 Å². The fourth-order valence-electron chi connectivity index (χ4n) is 2.51. The van der Waals surface area contributed by atoms with Gasteiger partial charge in [-0.25, -0.2) is 13.6 Å². The van der Waals surface area contributed by atoms with Crippen LogP contribution in [0.2, 0.25) is 0 Å². The number of nitrogens with one attached hydrogen (secondary N) is 1. The average Bonchev–Trinajstić information content (AvgIpc) is 2.37. The Morgan fingerprint density at radius 3 is 2.53 bits per heavy atom. The number of sulfonamides is 1. The van der Waals surface area contributed by atoms with Gasteiger partial charge in [-0.15, -0.1) is 0 Å². The molecule has 5 nitrogen and oxygen atoms in total. The summed E-state index contributed by atoms with van der Waals surface area (Å²) in [6, 6.07) is 4.51. The summed E-state index contributed by atoms with van der Waals surface area (Å²) in [7, 11) is -3.68. The van der Waals surface area contributed by atoms with Gasteiger partial charge in [0, 0.05) is 6.54 Å². The maximum Gasteiger partial charge on any atom is 0.238 e. The predicted octanol–water partition coefficient (Wildman–Crippen LogP) is 1.91. The van der Waals surface area contributed by atoms with Crippen molar-refractivity contribution in [3.63, 3.8) is 0 Å². The van der Waals surface area contributed by atoms with Crippen LogP contribution in [0.15, 0.2) is 23.1 Å². The van der Waals surface area contributed by atoms with Crippen LogP contribution < -0.4 is 16.2 Å². The third-order valence-corrected chi connectivity index (χ3v) is 4.57. The molecule has 0 unspecified atom stereocenters. The van der Waals surface area contributed by atoms with Crippen LogP contribution in [0.5, 0.6) is 0 Å². The Labute approximate surface area is 114 Å². The average molecular weight is 283 g/mol. The van der Waals surface area contributed by atoms with Crippen LogP contribution in [0.1, 0.15) is 32.1 Å². The minimum atomic E-state index is -3.68.